The summed E-state index contributed by atoms with van der Waals surface area (Å²) in [6.45, 7) is 4.18. The van der Waals surface area contributed by atoms with Crippen LogP contribution in [0.15, 0.2) is 17.4 Å². The Labute approximate surface area is 75.6 Å². The maximum Gasteiger partial charge on any atom is 0.217 e. The van der Waals surface area contributed by atoms with Crippen LogP contribution >= 0.6 is 11.8 Å². The van der Waals surface area contributed by atoms with Gasteiger partial charge in [-0.1, -0.05) is 13.8 Å². The van der Waals surface area contributed by atoms with Crippen LogP contribution in [0.3, 0.4) is 0 Å². The van der Waals surface area contributed by atoms with Gasteiger partial charge in [0.25, 0.3) is 0 Å². The van der Waals surface area contributed by atoms with Crippen LogP contribution in [0.4, 0.5) is 4.39 Å². The van der Waals surface area contributed by atoms with E-state index in [0.717, 1.165) is 6.42 Å². The Balaban J connectivity index is 2.63. The molecule has 1 unspecified atom stereocenters. The van der Waals surface area contributed by atoms with Crippen LogP contribution in [0.5, 0.6) is 0 Å². The van der Waals surface area contributed by atoms with Gasteiger partial charge in [-0.05, 0) is 6.42 Å². The lowest BCUT2D eigenvalue weighted by molar-refractivity contribution is 0.572. The Morgan fingerprint density at radius 3 is 2.92 bits per heavy atom. The molecular weight excluding hydrogens is 175 g/mol. The lowest BCUT2D eigenvalue weighted by Gasteiger charge is -2.05. The van der Waals surface area contributed by atoms with Gasteiger partial charge in [0.1, 0.15) is 11.4 Å². The molecule has 0 aliphatic rings. The molecule has 4 heteroatoms. The van der Waals surface area contributed by atoms with Gasteiger partial charge in [-0.15, -0.1) is 11.8 Å². The second-order valence-electron chi connectivity index (χ2n) is 2.52. The minimum absolute atomic E-state index is 0.462. The first-order valence-corrected chi connectivity index (χ1v) is 4.74. The van der Waals surface area contributed by atoms with Crippen LogP contribution in [0.25, 0.3) is 0 Å². The van der Waals surface area contributed by atoms with Crippen molar-refractivity contribution in [1.29, 1.82) is 0 Å². The fourth-order valence-electron chi connectivity index (χ4n) is 0.671. The van der Waals surface area contributed by atoms with Crippen molar-refractivity contribution in [2.75, 3.05) is 0 Å². The summed E-state index contributed by atoms with van der Waals surface area (Å²) in [7, 11) is 0. The van der Waals surface area contributed by atoms with Gasteiger partial charge in [-0.25, -0.2) is 9.97 Å². The van der Waals surface area contributed by atoms with Crippen LogP contribution in [0, 0.1) is 5.95 Å². The molecule has 12 heavy (non-hydrogen) atoms. The fourth-order valence-corrected chi connectivity index (χ4v) is 1.52. The highest BCUT2D eigenvalue weighted by molar-refractivity contribution is 7.99. The molecule has 1 rings (SSSR count). The number of hydrogen-bond donors (Lipinski definition) is 0. The van der Waals surface area contributed by atoms with Gasteiger partial charge in [0.15, 0.2) is 0 Å². The van der Waals surface area contributed by atoms with E-state index in [4.69, 9.17) is 0 Å². The molecule has 0 spiro atoms. The molecule has 0 amide bonds. The summed E-state index contributed by atoms with van der Waals surface area (Å²) in [5.41, 5.74) is 0. The third-order valence-corrected chi connectivity index (χ3v) is 2.71. The molecular formula is C8H11FN2S. The predicted molar refractivity (Wildman–Crippen MR) is 47.6 cm³/mol. The molecule has 1 aromatic rings. The summed E-state index contributed by atoms with van der Waals surface area (Å²) in [6, 6.07) is 1.36. The summed E-state index contributed by atoms with van der Waals surface area (Å²) < 4.78 is 12.6. The number of nitrogens with zero attached hydrogens (tertiary/aromatic N) is 2. The number of thioether (sulfide) groups is 1. The minimum Gasteiger partial charge on any atom is -0.230 e. The zero-order valence-corrected chi connectivity index (χ0v) is 7.94. The molecule has 0 N–H and O–H groups in total. The lowest BCUT2D eigenvalue weighted by Crippen LogP contribution is -1.94. The van der Waals surface area contributed by atoms with E-state index in [1.807, 2.05) is 0 Å². The van der Waals surface area contributed by atoms with Crippen molar-refractivity contribution in [1.82, 2.24) is 9.97 Å². The first-order valence-electron chi connectivity index (χ1n) is 3.86. The van der Waals surface area contributed by atoms with Gasteiger partial charge in [-0.2, -0.15) is 4.39 Å². The molecule has 1 aromatic heterocycles. The molecule has 0 aliphatic heterocycles. The van der Waals surface area contributed by atoms with Crippen molar-refractivity contribution in [3.63, 3.8) is 0 Å². The van der Waals surface area contributed by atoms with Crippen LogP contribution in [-0.2, 0) is 0 Å². The zero-order chi connectivity index (χ0) is 8.97. The first-order chi connectivity index (χ1) is 5.72. The quantitative estimate of drug-likeness (QED) is 0.536. The minimum atomic E-state index is -0.462. The van der Waals surface area contributed by atoms with Gasteiger partial charge < -0.3 is 0 Å². The van der Waals surface area contributed by atoms with Crippen LogP contribution in [-0.4, -0.2) is 15.2 Å². The molecule has 0 bridgehead atoms. The third-order valence-electron chi connectivity index (χ3n) is 1.51. The van der Waals surface area contributed by atoms with Crippen molar-refractivity contribution in [3.05, 3.63) is 18.3 Å². The van der Waals surface area contributed by atoms with E-state index in [1.165, 1.54) is 12.4 Å². The van der Waals surface area contributed by atoms with Crippen LogP contribution in [0.2, 0.25) is 0 Å². The Morgan fingerprint density at radius 2 is 2.33 bits per heavy atom. The molecule has 2 nitrogen and oxygen atoms in total. The largest absolute Gasteiger partial charge is 0.230 e. The number of aromatic nitrogens is 2. The number of hydrogen-bond acceptors (Lipinski definition) is 3. The van der Waals surface area contributed by atoms with Gasteiger partial charge in [0.2, 0.25) is 5.95 Å². The molecule has 66 valence electrons. The molecule has 0 aliphatic carbocycles. The predicted octanol–water partition coefficient (Wildman–Crippen LogP) is 2.51. The average Bonchev–Trinajstić information content (AvgIpc) is 2.04. The Kier molecular flexibility index (Phi) is 3.47. The van der Waals surface area contributed by atoms with E-state index >= 15 is 0 Å². The number of rotatable bonds is 3. The zero-order valence-electron chi connectivity index (χ0n) is 7.12. The third kappa shape index (κ3) is 2.77. The lowest BCUT2D eigenvalue weighted by atomic mass is 10.4. The topological polar surface area (TPSA) is 25.8 Å². The van der Waals surface area contributed by atoms with Crippen molar-refractivity contribution >= 4 is 11.8 Å². The highest BCUT2D eigenvalue weighted by Gasteiger charge is 2.03. The van der Waals surface area contributed by atoms with Crippen molar-refractivity contribution < 1.29 is 4.39 Å². The molecule has 0 saturated heterocycles. The summed E-state index contributed by atoms with van der Waals surface area (Å²) in [5.74, 6) is -0.462. The molecule has 1 atom stereocenters. The van der Waals surface area contributed by atoms with E-state index in [1.54, 1.807) is 11.8 Å². The fraction of sp³-hybridized carbons (Fsp3) is 0.500. The van der Waals surface area contributed by atoms with Crippen LogP contribution in [0.1, 0.15) is 20.3 Å². The Hall–Kier alpha value is -0.640. The van der Waals surface area contributed by atoms with E-state index < -0.39 is 5.95 Å². The van der Waals surface area contributed by atoms with Crippen molar-refractivity contribution in [2.24, 2.45) is 0 Å². The van der Waals surface area contributed by atoms with E-state index in [0.29, 0.717) is 10.3 Å². The normalized spacial score (nSPS) is 12.9. The van der Waals surface area contributed by atoms with Crippen molar-refractivity contribution in [2.45, 2.75) is 30.5 Å². The van der Waals surface area contributed by atoms with E-state index in [2.05, 4.69) is 23.8 Å². The molecule has 0 aromatic carbocycles. The second kappa shape index (κ2) is 4.40. The van der Waals surface area contributed by atoms with Gasteiger partial charge in [0.05, 0.1) is 0 Å². The monoisotopic (exact) mass is 186 g/mol. The Bertz CT molecular complexity index is 255. The van der Waals surface area contributed by atoms with Gasteiger partial charge >= 0.3 is 0 Å². The SMILES string of the molecule is CCC(C)Sc1cc(F)ncn1. The summed E-state index contributed by atoms with van der Waals surface area (Å²) >= 11 is 1.57. The smallest absolute Gasteiger partial charge is 0.217 e. The standard InChI is InChI=1S/C8H11FN2S/c1-3-6(2)12-8-4-7(9)10-5-11-8/h4-6H,3H2,1-2H3. The number of halogens is 1. The second-order valence-corrected chi connectivity index (χ2v) is 3.97. The highest BCUT2D eigenvalue weighted by atomic mass is 32.2. The van der Waals surface area contributed by atoms with Crippen LogP contribution < -0.4 is 0 Å². The molecule has 0 radical (unpaired) electrons. The maximum atomic E-state index is 12.6. The summed E-state index contributed by atoms with van der Waals surface area (Å²) in [4.78, 5) is 7.32. The maximum absolute atomic E-state index is 12.6. The Morgan fingerprint density at radius 1 is 1.58 bits per heavy atom. The van der Waals surface area contributed by atoms with Crippen molar-refractivity contribution in [3.8, 4) is 0 Å². The summed E-state index contributed by atoms with van der Waals surface area (Å²) in [6.07, 6.45) is 2.30. The summed E-state index contributed by atoms with van der Waals surface area (Å²) in [5, 5.41) is 1.18. The molecule has 1 heterocycles. The average molecular weight is 186 g/mol. The van der Waals surface area contributed by atoms with Gasteiger partial charge in [-0.3, -0.25) is 0 Å². The molecule has 0 saturated carbocycles. The highest BCUT2D eigenvalue weighted by Crippen LogP contribution is 2.22. The van der Waals surface area contributed by atoms with Gasteiger partial charge in [0, 0.05) is 11.3 Å². The van der Waals surface area contributed by atoms with E-state index in [9.17, 15) is 4.39 Å². The first kappa shape index (κ1) is 9.45. The van der Waals surface area contributed by atoms with E-state index in [-0.39, 0.29) is 0 Å². The molecule has 0 fully saturated rings.